The number of rotatable bonds is 4. The molecule has 6 nitrogen and oxygen atoms in total. The first kappa shape index (κ1) is 13.7. The first-order chi connectivity index (χ1) is 9.55. The van der Waals surface area contributed by atoms with E-state index in [0.717, 1.165) is 25.7 Å². The molecule has 1 aromatic rings. The number of nitrogens with one attached hydrogen (secondary N) is 1. The molecule has 2 aliphatic rings. The SMILES string of the molecule is NCC1(NS(=O)(=O)c2ccc3c(c2)OCO3)CCCC1. The van der Waals surface area contributed by atoms with Gasteiger partial charge in [-0.15, -0.1) is 0 Å². The molecule has 0 atom stereocenters. The van der Waals surface area contributed by atoms with E-state index < -0.39 is 15.6 Å². The summed E-state index contributed by atoms with van der Waals surface area (Å²) in [5.41, 5.74) is 5.27. The molecule has 1 fully saturated rings. The van der Waals surface area contributed by atoms with E-state index in [1.54, 1.807) is 6.07 Å². The molecular weight excluding hydrogens is 280 g/mol. The Morgan fingerprint density at radius 3 is 2.60 bits per heavy atom. The molecule has 3 rings (SSSR count). The van der Waals surface area contributed by atoms with Gasteiger partial charge in [-0.25, -0.2) is 13.1 Å². The average Bonchev–Trinajstić information content (AvgIpc) is 3.06. The summed E-state index contributed by atoms with van der Waals surface area (Å²) in [5, 5.41) is 0. The van der Waals surface area contributed by atoms with Crippen LogP contribution in [0.25, 0.3) is 0 Å². The van der Waals surface area contributed by atoms with Crippen molar-refractivity contribution >= 4 is 10.0 Å². The van der Waals surface area contributed by atoms with E-state index in [4.69, 9.17) is 15.2 Å². The number of hydrogen-bond donors (Lipinski definition) is 2. The van der Waals surface area contributed by atoms with Crippen LogP contribution in [0.2, 0.25) is 0 Å². The first-order valence-electron chi connectivity index (χ1n) is 6.68. The predicted octanol–water partition coefficient (Wildman–Crippen LogP) is 0.965. The van der Waals surface area contributed by atoms with Gasteiger partial charge in [0.25, 0.3) is 0 Å². The Morgan fingerprint density at radius 2 is 1.90 bits per heavy atom. The zero-order valence-electron chi connectivity index (χ0n) is 11.1. The van der Waals surface area contributed by atoms with Crippen LogP contribution in [0.1, 0.15) is 25.7 Å². The van der Waals surface area contributed by atoms with Crippen LogP contribution in [0.4, 0.5) is 0 Å². The fraction of sp³-hybridized carbons (Fsp3) is 0.538. The number of hydrogen-bond acceptors (Lipinski definition) is 5. The second-order valence-corrected chi connectivity index (χ2v) is 6.99. The minimum atomic E-state index is -3.60. The van der Waals surface area contributed by atoms with E-state index in [1.165, 1.54) is 12.1 Å². The molecule has 0 spiro atoms. The molecule has 1 heterocycles. The number of benzene rings is 1. The normalized spacial score (nSPS) is 20.2. The highest BCUT2D eigenvalue weighted by atomic mass is 32.2. The van der Waals surface area contributed by atoms with Crippen molar-refractivity contribution in [1.29, 1.82) is 0 Å². The molecule has 0 aromatic heterocycles. The van der Waals surface area contributed by atoms with E-state index in [0.29, 0.717) is 18.0 Å². The van der Waals surface area contributed by atoms with Gasteiger partial charge in [0.15, 0.2) is 11.5 Å². The van der Waals surface area contributed by atoms with Gasteiger partial charge in [-0.3, -0.25) is 0 Å². The summed E-state index contributed by atoms with van der Waals surface area (Å²) < 4.78 is 38.2. The number of fused-ring (bicyclic) bond motifs is 1. The maximum atomic E-state index is 12.5. The third-order valence-corrected chi connectivity index (χ3v) is 5.53. The molecular formula is C13H18N2O4S. The summed E-state index contributed by atoms with van der Waals surface area (Å²) in [6.45, 7) is 0.440. The number of sulfonamides is 1. The van der Waals surface area contributed by atoms with Crippen molar-refractivity contribution in [1.82, 2.24) is 4.72 Å². The van der Waals surface area contributed by atoms with Crippen molar-refractivity contribution in [2.75, 3.05) is 13.3 Å². The predicted molar refractivity (Wildman–Crippen MR) is 73.1 cm³/mol. The Bertz CT molecular complexity index is 609. The third-order valence-electron chi connectivity index (χ3n) is 3.96. The van der Waals surface area contributed by atoms with Gasteiger partial charge in [-0.05, 0) is 25.0 Å². The summed E-state index contributed by atoms with van der Waals surface area (Å²) >= 11 is 0. The quantitative estimate of drug-likeness (QED) is 0.864. The van der Waals surface area contributed by atoms with Crippen molar-refractivity contribution in [2.45, 2.75) is 36.1 Å². The largest absolute Gasteiger partial charge is 0.454 e. The molecule has 20 heavy (non-hydrogen) atoms. The van der Waals surface area contributed by atoms with Gasteiger partial charge in [0, 0.05) is 18.2 Å². The molecule has 0 saturated heterocycles. The highest BCUT2D eigenvalue weighted by Gasteiger charge is 2.37. The maximum Gasteiger partial charge on any atom is 0.241 e. The van der Waals surface area contributed by atoms with Gasteiger partial charge in [-0.1, -0.05) is 12.8 Å². The van der Waals surface area contributed by atoms with E-state index in [1.807, 2.05) is 0 Å². The fourth-order valence-corrected chi connectivity index (χ4v) is 4.27. The molecule has 7 heteroatoms. The molecule has 1 saturated carbocycles. The summed E-state index contributed by atoms with van der Waals surface area (Å²) in [6.07, 6.45) is 3.57. The van der Waals surface area contributed by atoms with E-state index >= 15 is 0 Å². The Labute approximate surface area is 118 Å². The summed E-state index contributed by atoms with van der Waals surface area (Å²) in [7, 11) is -3.60. The van der Waals surface area contributed by atoms with Gasteiger partial charge in [0.1, 0.15) is 0 Å². The van der Waals surface area contributed by atoms with Crippen molar-refractivity contribution < 1.29 is 17.9 Å². The second-order valence-electron chi connectivity index (χ2n) is 5.31. The lowest BCUT2D eigenvalue weighted by Crippen LogP contribution is -2.51. The third kappa shape index (κ3) is 2.36. The maximum absolute atomic E-state index is 12.5. The van der Waals surface area contributed by atoms with Gasteiger partial charge in [0.05, 0.1) is 4.90 Å². The van der Waals surface area contributed by atoms with E-state index in [9.17, 15) is 8.42 Å². The average molecular weight is 298 g/mol. The topological polar surface area (TPSA) is 90.7 Å². The van der Waals surface area contributed by atoms with Crippen LogP contribution in [0.5, 0.6) is 11.5 Å². The lowest BCUT2D eigenvalue weighted by Gasteiger charge is -2.28. The molecule has 0 amide bonds. The zero-order valence-corrected chi connectivity index (χ0v) is 11.9. The highest BCUT2D eigenvalue weighted by Crippen LogP contribution is 2.35. The van der Waals surface area contributed by atoms with Crippen molar-refractivity contribution in [3.05, 3.63) is 18.2 Å². The Hall–Kier alpha value is -1.31. The molecule has 1 aromatic carbocycles. The lowest BCUT2D eigenvalue weighted by molar-refractivity contribution is 0.174. The first-order valence-corrected chi connectivity index (χ1v) is 8.17. The lowest BCUT2D eigenvalue weighted by atomic mass is 10.0. The Balaban J connectivity index is 1.88. The van der Waals surface area contributed by atoms with Crippen molar-refractivity contribution in [3.8, 4) is 11.5 Å². The molecule has 0 radical (unpaired) electrons. The van der Waals surface area contributed by atoms with Crippen LogP contribution in [0.3, 0.4) is 0 Å². The van der Waals surface area contributed by atoms with Crippen LogP contribution in [-0.2, 0) is 10.0 Å². The summed E-state index contributed by atoms with van der Waals surface area (Å²) in [6, 6.07) is 4.62. The van der Waals surface area contributed by atoms with Gasteiger partial charge in [-0.2, -0.15) is 0 Å². The van der Waals surface area contributed by atoms with Crippen LogP contribution in [-0.4, -0.2) is 27.3 Å². The van der Waals surface area contributed by atoms with Gasteiger partial charge in [0.2, 0.25) is 16.8 Å². The highest BCUT2D eigenvalue weighted by molar-refractivity contribution is 7.89. The van der Waals surface area contributed by atoms with Crippen molar-refractivity contribution in [2.24, 2.45) is 5.73 Å². The zero-order chi connectivity index (χ0) is 14.2. The molecule has 0 bridgehead atoms. The second kappa shape index (κ2) is 4.91. The van der Waals surface area contributed by atoms with E-state index in [2.05, 4.69) is 4.72 Å². The van der Waals surface area contributed by atoms with E-state index in [-0.39, 0.29) is 11.7 Å². The van der Waals surface area contributed by atoms with Crippen LogP contribution < -0.4 is 19.9 Å². The minimum absolute atomic E-state index is 0.124. The minimum Gasteiger partial charge on any atom is -0.454 e. The molecule has 1 aliphatic heterocycles. The molecule has 3 N–H and O–H groups in total. The molecule has 0 unspecified atom stereocenters. The standard InChI is InChI=1S/C13H18N2O4S/c14-8-13(5-1-2-6-13)15-20(16,17)10-3-4-11-12(7-10)19-9-18-11/h3-4,7,15H,1-2,5-6,8-9,14H2. The number of nitrogens with two attached hydrogens (primary N) is 1. The Kier molecular flexibility index (Phi) is 3.35. The fourth-order valence-electron chi connectivity index (χ4n) is 2.79. The molecule has 110 valence electrons. The van der Waals surface area contributed by atoms with Crippen LogP contribution in [0, 0.1) is 0 Å². The van der Waals surface area contributed by atoms with Crippen LogP contribution >= 0.6 is 0 Å². The van der Waals surface area contributed by atoms with Crippen LogP contribution in [0.15, 0.2) is 23.1 Å². The molecule has 1 aliphatic carbocycles. The summed E-state index contributed by atoms with van der Waals surface area (Å²) in [5.74, 6) is 1.03. The smallest absolute Gasteiger partial charge is 0.241 e. The monoisotopic (exact) mass is 298 g/mol. The number of ether oxygens (including phenoxy) is 2. The van der Waals surface area contributed by atoms with Crippen molar-refractivity contribution in [3.63, 3.8) is 0 Å². The summed E-state index contributed by atoms with van der Waals surface area (Å²) in [4.78, 5) is 0.182. The Morgan fingerprint density at radius 1 is 1.20 bits per heavy atom. The van der Waals surface area contributed by atoms with Gasteiger partial charge < -0.3 is 15.2 Å². The van der Waals surface area contributed by atoms with Gasteiger partial charge >= 0.3 is 0 Å².